The molecule has 2 aromatic carbocycles. The molecule has 4 heteroatoms. The third-order valence-corrected chi connectivity index (χ3v) is 6.43. The Morgan fingerprint density at radius 3 is 2.79 bits per heavy atom. The Bertz CT molecular complexity index is 758. The number of anilines is 1. The van der Waals surface area contributed by atoms with Crippen LogP contribution in [-0.2, 0) is 16.1 Å². The lowest BCUT2D eigenvalue weighted by molar-refractivity contribution is -0.120. The summed E-state index contributed by atoms with van der Waals surface area (Å²) in [5.41, 5.74) is 3.66. The van der Waals surface area contributed by atoms with Crippen molar-refractivity contribution in [2.45, 2.75) is 24.6 Å². The van der Waals surface area contributed by atoms with Crippen molar-refractivity contribution >= 4 is 23.2 Å². The Balaban J connectivity index is 1.71. The van der Waals surface area contributed by atoms with E-state index < -0.39 is 0 Å². The average molecular weight is 339 g/mol. The van der Waals surface area contributed by atoms with Gasteiger partial charge in [-0.2, -0.15) is 0 Å². The Hall–Kier alpha value is -1.94. The van der Waals surface area contributed by atoms with Crippen LogP contribution in [0.5, 0.6) is 5.75 Å². The van der Waals surface area contributed by atoms with Crippen LogP contribution in [0.25, 0.3) is 0 Å². The van der Waals surface area contributed by atoms with E-state index in [4.69, 9.17) is 4.74 Å². The zero-order valence-electron chi connectivity index (χ0n) is 13.7. The first-order valence-corrected chi connectivity index (χ1v) is 9.47. The van der Waals surface area contributed by atoms with Gasteiger partial charge in [0.2, 0.25) is 0 Å². The summed E-state index contributed by atoms with van der Waals surface area (Å²) in [4.78, 5) is 12.1. The highest BCUT2D eigenvalue weighted by atomic mass is 32.2. The van der Waals surface area contributed by atoms with E-state index in [1.54, 1.807) is 11.8 Å². The number of hydrogen-bond donors (Lipinski definition) is 1. The number of Topliss-reactive ketones (excluding diaryl/α,β-unsaturated/α-hetero) is 1. The molecule has 0 bridgehead atoms. The Morgan fingerprint density at radius 1 is 1.21 bits per heavy atom. The molecule has 1 fully saturated rings. The molecule has 124 valence electrons. The van der Waals surface area contributed by atoms with Crippen LogP contribution in [0.1, 0.15) is 24.5 Å². The number of aryl methyl sites for hydroxylation is 1. The summed E-state index contributed by atoms with van der Waals surface area (Å²) < 4.78 is 5.52. The van der Waals surface area contributed by atoms with Crippen molar-refractivity contribution in [3.05, 3.63) is 59.7 Å². The quantitative estimate of drug-likeness (QED) is 0.905. The number of ketones is 1. The molecule has 3 nitrogen and oxygen atoms in total. The van der Waals surface area contributed by atoms with Gasteiger partial charge in [-0.15, -0.1) is 11.8 Å². The normalized spacial score (nSPS) is 25.0. The van der Waals surface area contributed by atoms with Crippen LogP contribution in [-0.4, -0.2) is 18.1 Å². The number of rotatable bonds is 4. The topological polar surface area (TPSA) is 38.3 Å². The van der Waals surface area contributed by atoms with E-state index in [-0.39, 0.29) is 10.8 Å². The van der Waals surface area contributed by atoms with Crippen LogP contribution < -0.4 is 10.1 Å². The summed E-state index contributed by atoms with van der Waals surface area (Å²) in [6.45, 7) is 2.64. The van der Waals surface area contributed by atoms with Gasteiger partial charge in [-0.25, -0.2) is 0 Å². The highest BCUT2D eigenvalue weighted by Gasteiger charge is 2.52. The molecule has 1 N–H and O–H groups in total. The molecule has 0 aromatic heterocycles. The zero-order chi connectivity index (χ0) is 16.6. The average Bonchev–Trinajstić information content (AvgIpc) is 2.94. The summed E-state index contributed by atoms with van der Waals surface area (Å²) in [7, 11) is 0. The molecular formula is C20H21NO2S. The predicted octanol–water partition coefficient (Wildman–Crippen LogP) is 4.23. The van der Waals surface area contributed by atoms with E-state index in [0.717, 1.165) is 24.3 Å². The van der Waals surface area contributed by atoms with Gasteiger partial charge < -0.3 is 10.1 Å². The smallest absolute Gasteiger partial charge is 0.149 e. The van der Waals surface area contributed by atoms with Crippen molar-refractivity contribution < 1.29 is 9.53 Å². The number of carbonyl (C=O) groups excluding carboxylic acids is 1. The molecule has 0 radical (unpaired) electrons. The molecule has 2 aliphatic rings. The van der Waals surface area contributed by atoms with Crippen molar-refractivity contribution in [2.75, 3.05) is 17.7 Å². The standard InChI is InChI=1S/C20H21NO2S/c1-2-23-16-10-8-15(9-11-16)21-20-17-6-4-3-5-14(17)7-12-18(20)19(22)13-24-20/h3-6,8-11,18,21H,2,7,12-13H2,1H3/t18-,20-/m1/s1. The second kappa shape index (κ2) is 6.17. The first-order valence-electron chi connectivity index (χ1n) is 8.49. The summed E-state index contributed by atoms with van der Waals surface area (Å²) in [5.74, 6) is 1.87. The monoisotopic (exact) mass is 339 g/mol. The fraction of sp³-hybridized carbons (Fsp3) is 0.350. The minimum absolute atomic E-state index is 0.0453. The highest BCUT2D eigenvalue weighted by molar-refractivity contribution is 8.01. The number of thioether (sulfide) groups is 1. The van der Waals surface area contributed by atoms with E-state index in [0.29, 0.717) is 18.1 Å². The number of nitrogens with one attached hydrogen (secondary N) is 1. The third-order valence-electron chi connectivity index (χ3n) is 4.94. The molecule has 1 aliphatic carbocycles. The van der Waals surface area contributed by atoms with Crippen LogP contribution in [0.3, 0.4) is 0 Å². The molecule has 1 heterocycles. The van der Waals surface area contributed by atoms with Crippen molar-refractivity contribution in [2.24, 2.45) is 5.92 Å². The zero-order valence-corrected chi connectivity index (χ0v) is 14.6. The first kappa shape index (κ1) is 15.6. The number of carbonyl (C=O) groups is 1. The van der Waals surface area contributed by atoms with Gasteiger partial charge in [-0.3, -0.25) is 4.79 Å². The third kappa shape index (κ3) is 2.49. The van der Waals surface area contributed by atoms with Crippen LogP contribution in [0, 0.1) is 5.92 Å². The molecular weight excluding hydrogens is 318 g/mol. The van der Waals surface area contributed by atoms with Gasteiger partial charge in [0.15, 0.2) is 0 Å². The highest BCUT2D eigenvalue weighted by Crippen LogP contribution is 2.54. The summed E-state index contributed by atoms with van der Waals surface area (Å²) >= 11 is 1.74. The van der Waals surface area contributed by atoms with Gasteiger partial charge in [-0.1, -0.05) is 24.3 Å². The Labute approximate surface area is 146 Å². The maximum atomic E-state index is 12.5. The largest absolute Gasteiger partial charge is 0.494 e. The maximum absolute atomic E-state index is 12.5. The van der Waals surface area contributed by atoms with E-state index >= 15 is 0 Å². The molecule has 0 spiro atoms. The van der Waals surface area contributed by atoms with Crippen molar-refractivity contribution in [1.29, 1.82) is 0 Å². The molecule has 0 amide bonds. The molecule has 0 unspecified atom stereocenters. The number of fused-ring (bicyclic) bond motifs is 3. The van der Waals surface area contributed by atoms with Crippen LogP contribution in [0.2, 0.25) is 0 Å². The van der Waals surface area contributed by atoms with Crippen LogP contribution >= 0.6 is 11.8 Å². The van der Waals surface area contributed by atoms with Gasteiger partial charge in [0.1, 0.15) is 16.4 Å². The summed E-state index contributed by atoms with van der Waals surface area (Å²) in [6, 6.07) is 16.6. The van der Waals surface area contributed by atoms with E-state index in [9.17, 15) is 4.79 Å². The molecule has 24 heavy (non-hydrogen) atoms. The van der Waals surface area contributed by atoms with Crippen molar-refractivity contribution in [1.82, 2.24) is 0 Å². The second-order valence-corrected chi connectivity index (χ2v) is 7.54. The lowest BCUT2D eigenvalue weighted by Gasteiger charge is -2.40. The number of ether oxygens (including phenoxy) is 1. The first-order chi connectivity index (χ1) is 11.7. The van der Waals surface area contributed by atoms with E-state index in [1.807, 2.05) is 31.2 Å². The van der Waals surface area contributed by atoms with E-state index in [2.05, 4.69) is 29.6 Å². The second-order valence-electron chi connectivity index (χ2n) is 6.32. The SMILES string of the molecule is CCOc1ccc(N[C@]23SCC(=O)[C@H]2CCc2ccccc23)cc1. The van der Waals surface area contributed by atoms with Crippen molar-refractivity contribution in [3.63, 3.8) is 0 Å². The Morgan fingerprint density at radius 2 is 2.00 bits per heavy atom. The Kier molecular flexibility index (Phi) is 4.01. The molecule has 2 atom stereocenters. The lowest BCUT2D eigenvalue weighted by atomic mass is 9.77. The van der Waals surface area contributed by atoms with Crippen LogP contribution in [0.15, 0.2) is 48.5 Å². The van der Waals surface area contributed by atoms with Gasteiger partial charge in [0, 0.05) is 5.69 Å². The fourth-order valence-corrected chi connectivity index (χ4v) is 5.42. The summed E-state index contributed by atoms with van der Waals surface area (Å²) in [5, 5.41) is 3.70. The van der Waals surface area contributed by atoms with Crippen LogP contribution in [0.4, 0.5) is 5.69 Å². The molecule has 1 aliphatic heterocycles. The number of benzene rings is 2. The lowest BCUT2D eigenvalue weighted by Crippen LogP contribution is -2.42. The van der Waals surface area contributed by atoms with E-state index in [1.165, 1.54) is 11.1 Å². The van der Waals surface area contributed by atoms with Crippen molar-refractivity contribution in [3.8, 4) is 5.75 Å². The van der Waals surface area contributed by atoms with Gasteiger partial charge in [0.05, 0.1) is 18.3 Å². The predicted molar refractivity (Wildman–Crippen MR) is 98.6 cm³/mol. The summed E-state index contributed by atoms with van der Waals surface area (Å²) in [6.07, 6.45) is 1.91. The molecule has 1 saturated heterocycles. The van der Waals surface area contributed by atoms with Gasteiger partial charge >= 0.3 is 0 Å². The molecule has 4 rings (SSSR count). The van der Waals surface area contributed by atoms with Gasteiger partial charge in [-0.05, 0) is 55.2 Å². The minimum Gasteiger partial charge on any atom is -0.494 e. The van der Waals surface area contributed by atoms with Gasteiger partial charge in [0.25, 0.3) is 0 Å². The maximum Gasteiger partial charge on any atom is 0.149 e. The molecule has 0 saturated carbocycles. The molecule has 2 aromatic rings. The minimum atomic E-state index is -0.334. The number of hydrogen-bond acceptors (Lipinski definition) is 4. The fourth-order valence-electron chi connectivity index (χ4n) is 3.85.